The molecule has 0 aliphatic rings. The molecular weight excluding hydrogens is 268 g/mol. The van der Waals surface area contributed by atoms with Crippen molar-refractivity contribution >= 4 is 11.9 Å². The molecule has 0 fully saturated rings. The summed E-state index contributed by atoms with van der Waals surface area (Å²) >= 11 is 0. The smallest absolute Gasteiger partial charge is 0.306 e. The summed E-state index contributed by atoms with van der Waals surface area (Å²) < 4.78 is 1.95. The van der Waals surface area contributed by atoms with Crippen LogP contribution in [0.15, 0.2) is 18.3 Å². The van der Waals surface area contributed by atoms with Gasteiger partial charge < -0.3 is 15.0 Å². The van der Waals surface area contributed by atoms with Crippen molar-refractivity contribution in [1.29, 1.82) is 0 Å². The standard InChI is InChI=1S/C16H26N2O3/c1-4-10-18-11-6-9-14(18)15(19)17-13(3)8-5-7-12(2)16(20)21/h6,9,11-13H,4-5,7-8,10H2,1-3H3,(H,17,19)(H,20,21). The Morgan fingerprint density at radius 2 is 2.05 bits per heavy atom. The van der Waals surface area contributed by atoms with Gasteiger partial charge in [-0.1, -0.05) is 20.3 Å². The molecule has 0 aliphatic heterocycles. The summed E-state index contributed by atoms with van der Waals surface area (Å²) in [6.45, 7) is 6.58. The molecule has 2 unspecified atom stereocenters. The van der Waals surface area contributed by atoms with E-state index in [1.165, 1.54) is 0 Å². The summed E-state index contributed by atoms with van der Waals surface area (Å²) in [5.74, 6) is -1.15. The van der Waals surface area contributed by atoms with Crippen LogP contribution in [0.1, 0.15) is 56.9 Å². The third-order valence-corrected chi connectivity index (χ3v) is 3.60. The highest BCUT2D eigenvalue weighted by Gasteiger charge is 2.15. The summed E-state index contributed by atoms with van der Waals surface area (Å²) in [6.07, 6.45) is 5.12. The Balaban J connectivity index is 2.40. The van der Waals surface area contributed by atoms with Gasteiger partial charge in [0.05, 0.1) is 5.92 Å². The third kappa shape index (κ3) is 5.61. The molecule has 118 valence electrons. The minimum absolute atomic E-state index is 0.0449. The summed E-state index contributed by atoms with van der Waals surface area (Å²) in [5.41, 5.74) is 0.683. The van der Waals surface area contributed by atoms with Crippen LogP contribution >= 0.6 is 0 Å². The molecule has 0 saturated carbocycles. The lowest BCUT2D eigenvalue weighted by Crippen LogP contribution is -2.34. The maximum atomic E-state index is 12.2. The van der Waals surface area contributed by atoms with Gasteiger partial charge in [-0.25, -0.2) is 0 Å². The van der Waals surface area contributed by atoms with Gasteiger partial charge in [-0.05, 0) is 38.3 Å². The highest BCUT2D eigenvalue weighted by molar-refractivity contribution is 5.92. The molecule has 5 nitrogen and oxygen atoms in total. The van der Waals surface area contributed by atoms with Crippen molar-refractivity contribution in [1.82, 2.24) is 9.88 Å². The van der Waals surface area contributed by atoms with Gasteiger partial charge in [0.2, 0.25) is 0 Å². The summed E-state index contributed by atoms with van der Waals surface area (Å²) in [6, 6.07) is 3.75. The normalized spacial score (nSPS) is 13.7. The first-order valence-electron chi connectivity index (χ1n) is 7.64. The number of nitrogens with zero attached hydrogens (tertiary/aromatic N) is 1. The van der Waals surface area contributed by atoms with E-state index in [0.29, 0.717) is 12.1 Å². The molecule has 21 heavy (non-hydrogen) atoms. The fourth-order valence-corrected chi connectivity index (χ4v) is 2.28. The molecule has 2 atom stereocenters. The number of rotatable bonds is 9. The molecule has 0 aromatic carbocycles. The average molecular weight is 294 g/mol. The van der Waals surface area contributed by atoms with Crippen LogP contribution in [0.25, 0.3) is 0 Å². The second-order valence-corrected chi connectivity index (χ2v) is 5.63. The molecule has 1 heterocycles. The van der Waals surface area contributed by atoms with E-state index in [1.807, 2.05) is 29.8 Å². The van der Waals surface area contributed by atoms with Gasteiger partial charge in [0.1, 0.15) is 5.69 Å². The molecule has 2 N–H and O–H groups in total. The predicted molar refractivity (Wildman–Crippen MR) is 82.3 cm³/mol. The first-order valence-corrected chi connectivity index (χ1v) is 7.64. The minimum Gasteiger partial charge on any atom is -0.481 e. The zero-order valence-electron chi connectivity index (χ0n) is 13.1. The number of aliphatic carboxylic acids is 1. The average Bonchev–Trinajstić information content (AvgIpc) is 2.87. The molecule has 5 heteroatoms. The number of hydrogen-bond donors (Lipinski definition) is 2. The van der Waals surface area contributed by atoms with Crippen molar-refractivity contribution in [2.45, 2.75) is 59.0 Å². The van der Waals surface area contributed by atoms with E-state index in [-0.39, 0.29) is 17.9 Å². The SMILES string of the molecule is CCCn1cccc1C(=O)NC(C)CCCC(C)C(=O)O. The third-order valence-electron chi connectivity index (χ3n) is 3.60. The molecule has 0 radical (unpaired) electrons. The van der Waals surface area contributed by atoms with Crippen molar-refractivity contribution in [3.05, 3.63) is 24.0 Å². The second kappa shape index (κ2) is 8.49. The zero-order chi connectivity index (χ0) is 15.8. The molecular formula is C16H26N2O3. The van der Waals surface area contributed by atoms with E-state index in [1.54, 1.807) is 6.92 Å². The second-order valence-electron chi connectivity index (χ2n) is 5.63. The Morgan fingerprint density at radius 1 is 1.33 bits per heavy atom. The van der Waals surface area contributed by atoms with E-state index in [0.717, 1.165) is 25.8 Å². The van der Waals surface area contributed by atoms with Crippen molar-refractivity contribution < 1.29 is 14.7 Å². The maximum absolute atomic E-state index is 12.2. The molecule has 0 saturated heterocycles. The van der Waals surface area contributed by atoms with Crippen LogP contribution in [-0.4, -0.2) is 27.6 Å². The van der Waals surface area contributed by atoms with Crippen LogP contribution in [0.4, 0.5) is 0 Å². The molecule has 0 spiro atoms. The first kappa shape index (κ1) is 17.3. The van der Waals surface area contributed by atoms with E-state index in [2.05, 4.69) is 12.2 Å². The number of carbonyl (C=O) groups excluding carboxylic acids is 1. The Hall–Kier alpha value is -1.78. The van der Waals surface area contributed by atoms with Gasteiger partial charge in [0.25, 0.3) is 5.91 Å². The Labute approximate surface area is 126 Å². The number of aromatic nitrogens is 1. The van der Waals surface area contributed by atoms with Crippen LogP contribution in [0.5, 0.6) is 0 Å². The van der Waals surface area contributed by atoms with Gasteiger partial charge in [0.15, 0.2) is 0 Å². The number of aryl methyl sites for hydroxylation is 1. The fourth-order valence-electron chi connectivity index (χ4n) is 2.28. The van der Waals surface area contributed by atoms with Crippen molar-refractivity contribution in [2.75, 3.05) is 0 Å². The summed E-state index contributed by atoms with van der Waals surface area (Å²) in [5, 5.41) is 11.8. The highest BCUT2D eigenvalue weighted by atomic mass is 16.4. The van der Waals surface area contributed by atoms with Gasteiger partial charge in [-0.2, -0.15) is 0 Å². The van der Waals surface area contributed by atoms with Crippen LogP contribution in [-0.2, 0) is 11.3 Å². The van der Waals surface area contributed by atoms with Gasteiger partial charge >= 0.3 is 5.97 Å². The number of carboxylic acids is 1. The lowest BCUT2D eigenvalue weighted by molar-refractivity contribution is -0.141. The zero-order valence-corrected chi connectivity index (χ0v) is 13.1. The minimum atomic E-state index is -0.760. The topological polar surface area (TPSA) is 71.3 Å². The van der Waals surface area contributed by atoms with Crippen LogP contribution in [0.3, 0.4) is 0 Å². The number of carbonyl (C=O) groups is 2. The molecule has 1 rings (SSSR count). The highest BCUT2D eigenvalue weighted by Crippen LogP contribution is 2.10. The van der Waals surface area contributed by atoms with E-state index >= 15 is 0 Å². The molecule has 1 amide bonds. The molecule has 1 aromatic heterocycles. The van der Waals surface area contributed by atoms with Gasteiger partial charge in [0, 0.05) is 18.8 Å². The Kier molecular flexibility index (Phi) is 6.99. The Bertz CT molecular complexity index is 468. The number of carboxylic acid groups (broad SMARTS) is 1. The molecule has 1 aromatic rings. The van der Waals surface area contributed by atoms with Crippen LogP contribution in [0.2, 0.25) is 0 Å². The first-order chi connectivity index (χ1) is 9.95. The van der Waals surface area contributed by atoms with E-state index in [9.17, 15) is 9.59 Å². The monoisotopic (exact) mass is 294 g/mol. The fraction of sp³-hybridized carbons (Fsp3) is 0.625. The quantitative estimate of drug-likeness (QED) is 0.735. The largest absolute Gasteiger partial charge is 0.481 e. The summed E-state index contributed by atoms with van der Waals surface area (Å²) in [7, 11) is 0. The Morgan fingerprint density at radius 3 is 2.67 bits per heavy atom. The van der Waals surface area contributed by atoms with Crippen molar-refractivity contribution in [2.24, 2.45) is 5.92 Å². The van der Waals surface area contributed by atoms with Crippen LogP contribution in [0, 0.1) is 5.92 Å². The van der Waals surface area contributed by atoms with Crippen LogP contribution < -0.4 is 5.32 Å². The number of amides is 1. The van der Waals surface area contributed by atoms with Gasteiger partial charge in [-0.3, -0.25) is 9.59 Å². The summed E-state index contributed by atoms with van der Waals surface area (Å²) in [4.78, 5) is 22.9. The molecule has 0 bridgehead atoms. The lowest BCUT2D eigenvalue weighted by atomic mass is 10.0. The maximum Gasteiger partial charge on any atom is 0.306 e. The lowest BCUT2D eigenvalue weighted by Gasteiger charge is -2.15. The number of hydrogen-bond acceptors (Lipinski definition) is 2. The van der Waals surface area contributed by atoms with Crippen molar-refractivity contribution in [3.63, 3.8) is 0 Å². The van der Waals surface area contributed by atoms with Gasteiger partial charge in [-0.15, -0.1) is 0 Å². The van der Waals surface area contributed by atoms with E-state index < -0.39 is 5.97 Å². The van der Waals surface area contributed by atoms with Crippen molar-refractivity contribution in [3.8, 4) is 0 Å². The number of nitrogens with one attached hydrogen (secondary N) is 1. The molecule has 0 aliphatic carbocycles. The predicted octanol–water partition coefficient (Wildman–Crippen LogP) is 2.91. The van der Waals surface area contributed by atoms with E-state index in [4.69, 9.17) is 5.11 Å².